The molecule has 0 aliphatic heterocycles. The molecule has 0 fully saturated rings. The monoisotopic (exact) mass is 332 g/mol. The molecule has 8 heteroatoms. The van der Waals surface area contributed by atoms with Gasteiger partial charge in [-0.15, -0.1) is 12.4 Å². The lowest BCUT2D eigenvalue weighted by molar-refractivity contribution is -0.0202. The largest absolute Gasteiger partial charge is 0.394 e. The molecule has 7 nitrogen and oxygen atoms in total. The smallest absolute Gasteiger partial charge is 0.0745 e. The summed E-state index contributed by atoms with van der Waals surface area (Å²) in [5.41, 5.74) is 0. The molecular weight excluding hydrogens is 304 g/mol. The number of aliphatic hydroxyl groups excluding tert-OH is 2. The van der Waals surface area contributed by atoms with Crippen LogP contribution in [-0.4, -0.2) is 89.0 Å². The fraction of sp³-hybridized carbons (Fsp3) is 1.00. The van der Waals surface area contributed by atoms with Gasteiger partial charge in [0.15, 0.2) is 0 Å². The maximum absolute atomic E-state index is 8.94. The average Bonchev–Trinajstić information content (AvgIpc) is 2.43. The van der Waals surface area contributed by atoms with Crippen molar-refractivity contribution in [3.63, 3.8) is 0 Å². The van der Waals surface area contributed by atoms with Crippen LogP contribution in [0.2, 0.25) is 0 Å². The Morgan fingerprint density at radius 2 is 1.00 bits per heavy atom. The first-order chi connectivity index (χ1) is 9.77. The van der Waals surface area contributed by atoms with Crippen molar-refractivity contribution >= 4 is 12.4 Å². The van der Waals surface area contributed by atoms with E-state index in [1.165, 1.54) is 0 Å². The Morgan fingerprint density at radius 1 is 0.667 bits per heavy atom. The van der Waals surface area contributed by atoms with Crippen molar-refractivity contribution in [1.29, 1.82) is 0 Å². The Labute approximate surface area is 132 Å². The van der Waals surface area contributed by atoms with Gasteiger partial charge in [0.05, 0.1) is 78.8 Å². The fourth-order valence-electron chi connectivity index (χ4n) is 1.20. The third kappa shape index (κ3) is 22.4. The van der Waals surface area contributed by atoms with Crippen molar-refractivity contribution < 1.29 is 33.9 Å². The number of halogens is 1. The Bertz CT molecular complexity index is 184. The van der Waals surface area contributed by atoms with Crippen LogP contribution in [0, 0.1) is 0 Å². The zero-order valence-corrected chi connectivity index (χ0v) is 13.5. The van der Waals surface area contributed by atoms with Gasteiger partial charge in [0.1, 0.15) is 0 Å². The summed E-state index contributed by atoms with van der Waals surface area (Å²) in [5.74, 6) is 0. The van der Waals surface area contributed by atoms with E-state index in [-0.39, 0.29) is 19.0 Å². The molecule has 0 aromatic rings. The minimum atomic E-state index is -0.438. The molecule has 1 atom stereocenters. The maximum Gasteiger partial charge on any atom is 0.0745 e. The first-order valence-corrected chi connectivity index (χ1v) is 6.95. The number of aliphatic hydroxyl groups is 2. The predicted octanol–water partition coefficient (Wildman–Crippen LogP) is -0.136. The van der Waals surface area contributed by atoms with Crippen LogP contribution in [-0.2, 0) is 23.7 Å². The Morgan fingerprint density at radius 3 is 1.33 bits per heavy atom. The first kappa shape index (κ1) is 23.3. The SMILES string of the molecule is CC(O)COCCOCCOCCOCCOCCO.Cl. The molecule has 0 radical (unpaired) electrons. The molecule has 0 aromatic heterocycles. The van der Waals surface area contributed by atoms with E-state index >= 15 is 0 Å². The molecule has 130 valence electrons. The van der Waals surface area contributed by atoms with Gasteiger partial charge < -0.3 is 33.9 Å². The molecule has 0 rings (SSSR count). The van der Waals surface area contributed by atoms with E-state index in [1.807, 2.05) is 0 Å². The van der Waals surface area contributed by atoms with E-state index < -0.39 is 6.10 Å². The van der Waals surface area contributed by atoms with Crippen LogP contribution in [0.3, 0.4) is 0 Å². The van der Waals surface area contributed by atoms with Crippen molar-refractivity contribution in [1.82, 2.24) is 0 Å². The Kier molecular flexibility index (Phi) is 22.2. The molecule has 0 bridgehead atoms. The van der Waals surface area contributed by atoms with Gasteiger partial charge in [-0.2, -0.15) is 0 Å². The topological polar surface area (TPSA) is 86.6 Å². The number of hydrogen-bond donors (Lipinski definition) is 2. The second-order valence-electron chi connectivity index (χ2n) is 4.10. The lowest BCUT2D eigenvalue weighted by Crippen LogP contribution is -2.15. The Hall–Kier alpha value is 0.01000. The van der Waals surface area contributed by atoms with E-state index in [2.05, 4.69) is 0 Å². The van der Waals surface area contributed by atoms with Crippen LogP contribution in [0.5, 0.6) is 0 Å². The summed E-state index contributed by atoms with van der Waals surface area (Å²) >= 11 is 0. The molecule has 0 aliphatic carbocycles. The number of hydrogen-bond acceptors (Lipinski definition) is 7. The van der Waals surface area contributed by atoms with Gasteiger partial charge in [0.2, 0.25) is 0 Å². The van der Waals surface area contributed by atoms with Crippen molar-refractivity contribution in [3.8, 4) is 0 Å². The van der Waals surface area contributed by atoms with E-state index in [0.717, 1.165) is 0 Å². The molecule has 0 saturated heterocycles. The standard InChI is InChI=1S/C13H28O7.ClH/c1-13(15)12-20-11-10-19-9-8-18-7-6-17-5-4-16-3-2-14;/h13-15H,2-12H2,1H3;1H. The second-order valence-corrected chi connectivity index (χ2v) is 4.10. The third-order valence-corrected chi connectivity index (χ3v) is 2.08. The third-order valence-electron chi connectivity index (χ3n) is 2.08. The zero-order valence-electron chi connectivity index (χ0n) is 12.7. The number of rotatable bonds is 16. The van der Waals surface area contributed by atoms with Crippen LogP contribution in [0.15, 0.2) is 0 Å². The van der Waals surface area contributed by atoms with Crippen LogP contribution in [0.25, 0.3) is 0 Å². The average molecular weight is 333 g/mol. The lowest BCUT2D eigenvalue weighted by Gasteiger charge is -2.08. The molecule has 21 heavy (non-hydrogen) atoms. The van der Waals surface area contributed by atoms with E-state index in [0.29, 0.717) is 66.1 Å². The first-order valence-electron chi connectivity index (χ1n) is 6.95. The summed E-state index contributed by atoms with van der Waals surface area (Å²) in [7, 11) is 0. The summed E-state index contributed by atoms with van der Waals surface area (Å²) in [6.45, 7) is 6.40. The Balaban J connectivity index is 0. The highest BCUT2D eigenvalue weighted by Crippen LogP contribution is 1.85. The summed E-state index contributed by atoms with van der Waals surface area (Å²) in [6.07, 6.45) is -0.438. The highest BCUT2D eigenvalue weighted by molar-refractivity contribution is 5.85. The van der Waals surface area contributed by atoms with Crippen LogP contribution in [0.1, 0.15) is 6.92 Å². The lowest BCUT2D eigenvalue weighted by atomic mass is 10.4. The van der Waals surface area contributed by atoms with Gasteiger partial charge in [0.25, 0.3) is 0 Å². The highest BCUT2D eigenvalue weighted by atomic mass is 35.5. The van der Waals surface area contributed by atoms with Gasteiger partial charge in [0, 0.05) is 0 Å². The van der Waals surface area contributed by atoms with Gasteiger partial charge >= 0.3 is 0 Å². The highest BCUT2D eigenvalue weighted by Gasteiger charge is 1.95. The summed E-state index contributed by atoms with van der Waals surface area (Å²) in [6, 6.07) is 0. The van der Waals surface area contributed by atoms with Crippen LogP contribution < -0.4 is 0 Å². The normalized spacial score (nSPS) is 12.1. The molecule has 2 N–H and O–H groups in total. The van der Waals surface area contributed by atoms with Gasteiger partial charge in [-0.05, 0) is 6.92 Å². The van der Waals surface area contributed by atoms with Crippen molar-refractivity contribution in [3.05, 3.63) is 0 Å². The molecule has 0 spiro atoms. The van der Waals surface area contributed by atoms with E-state index in [9.17, 15) is 0 Å². The molecular formula is C13H29ClO7. The minimum Gasteiger partial charge on any atom is -0.394 e. The van der Waals surface area contributed by atoms with Gasteiger partial charge in [-0.25, -0.2) is 0 Å². The van der Waals surface area contributed by atoms with Crippen molar-refractivity contribution in [2.24, 2.45) is 0 Å². The van der Waals surface area contributed by atoms with Crippen molar-refractivity contribution in [2.75, 3.05) is 72.7 Å². The fourth-order valence-corrected chi connectivity index (χ4v) is 1.20. The van der Waals surface area contributed by atoms with Gasteiger partial charge in [-0.3, -0.25) is 0 Å². The molecule has 0 heterocycles. The molecule has 0 aliphatic rings. The van der Waals surface area contributed by atoms with Gasteiger partial charge in [-0.1, -0.05) is 0 Å². The maximum atomic E-state index is 8.94. The number of ether oxygens (including phenoxy) is 5. The zero-order chi connectivity index (χ0) is 14.9. The predicted molar refractivity (Wildman–Crippen MR) is 80.1 cm³/mol. The molecule has 1 unspecified atom stereocenters. The summed E-state index contributed by atoms with van der Waals surface area (Å²) in [5, 5.41) is 17.4. The quantitative estimate of drug-likeness (QED) is 0.381. The second kappa shape index (κ2) is 20.0. The molecule has 0 amide bonds. The summed E-state index contributed by atoms with van der Waals surface area (Å²) < 4.78 is 26.0. The van der Waals surface area contributed by atoms with Crippen molar-refractivity contribution in [2.45, 2.75) is 13.0 Å². The van der Waals surface area contributed by atoms with Crippen LogP contribution in [0.4, 0.5) is 0 Å². The van der Waals surface area contributed by atoms with E-state index in [1.54, 1.807) is 6.92 Å². The minimum absolute atomic E-state index is 0. The van der Waals surface area contributed by atoms with E-state index in [4.69, 9.17) is 33.9 Å². The molecule has 0 saturated carbocycles. The van der Waals surface area contributed by atoms with Crippen LogP contribution >= 0.6 is 12.4 Å². The molecule has 0 aromatic carbocycles. The summed E-state index contributed by atoms with van der Waals surface area (Å²) in [4.78, 5) is 0.